The van der Waals surface area contributed by atoms with Crippen LogP contribution >= 0.6 is 0 Å². The largest absolute Gasteiger partial charge is 0.370 e. The van der Waals surface area contributed by atoms with E-state index in [9.17, 15) is 4.79 Å². The third-order valence-electron chi connectivity index (χ3n) is 3.22. The van der Waals surface area contributed by atoms with E-state index in [0.717, 1.165) is 19.6 Å². The van der Waals surface area contributed by atoms with Gasteiger partial charge in [-0.25, -0.2) is 0 Å². The summed E-state index contributed by atoms with van der Waals surface area (Å²) < 4.78 is 0. The number of likely N-dealkylation sites (tertiary alicyclic amines) is 1. The first-order valence-corrected chi connectivity index (χ1v) is 5.81. The fourth-order valence-corrected chi connectivity index (χ4v) is 2.30. The van der Waals surface area contributed by atoms with Crippen LogP contribution < -0.4 is 5.73 Å². The van der Waals surface area contributed by atoms with Crippen molar-refractivity contribution in [1.29, 1.82) is 0 Å². The Labute approximate surface area is 96.2 Å². The highest BCUT2D eigenvalue weighted by Gasteiger charge is 2.23. The molecule has 1 aliphatic heterocycles. The summed E-state index contributed by atoms with van der Waals surface area (Å²) in [5.41, 5.74) is 6.56. The number of hydrogen-bond acceptors (Lipinski definition) is 2. The molecule has 16 heavy (non-hydrogen) atoms. The van der Waals surface area contributed by atoms with E-state index in [4.69, 9.17) is 5.73 Å². The van der Waals surface area contributed by atoms with Gasteiger partial charge in [-0.2, -0.15) is 0 Å². The lowest BCUT2D eigenvalue weighted by molar-refractivity contribution is -0.118. The fraction of sp³-hybridized carbons (Fsp3) is 0.462. The maximum absolute atomic E-state index is 10.7. The van der Waals surface area contributed by atoms with Gasteiger partial charge in [-0.1, -0.05) is 30.3 Å². The van der Waals surface area contributed by atoms with Crippen LogP contribution in [0.2, 0.25) is 0 Å². The third kappa shape index (κ3) is 2.83. The van der Waals surface area contributed by atoms with Crippen LogP contribution in [-0.4, -0.2) is 30.4 Å². The SMILES string of the molecule is NC(=O)CCN1CCC(c2ccccc2)C1. The minimum atomic E-state index is -0.205. The zero-order valence-electron chi connectivity index (χ0n) is 9.43. The quantitative estimate of drug-likeness (QED) is 0.829. The van der Waals surface area contributed by atoms with Crippen molar-refractivity contribution in [3.63, 3.8) is 0 Å². The maximum atomic E-state index is 10.7. The monoisotopic (exact) mass is 218 g/mol. The molecular formula is C13H18N2O. The second kappa shape index (κ2) is 5.12. The van der Waals surface area contributed by atoms with Crippen molar-refractivity contribution in [3.8, 4) is 0 Å². The lowest BCUT2D eigenvalue weighted by Crippen LogP contribution is -2.25. The van der Waals surface area contributed by atoms with Gasteiger partial charge in [-0.3, -0.25) is 4.79 Å². The molecule has 0 spiro atoms. The number of carbonyl (C=O) groups is 1. The summed E-state index contributed by atoms with van der Waals surface area (Å²) in [6.45, 7) is 2.93. The molecule has 1 aromatic rings. The standard InChI is InChI=1S/C13H18N2O/c14-13(16)7-9-15-8-6-12(10-15)11-4-2-1-3-5-11/h1-5,12H,6-10H2,(H2,14,16). The van der Waals surface area contributed by atoms with Crippen LogP contribution in [0.1, 0.15) is 24.3 Å². The average Bonchev–Trinajstić information content (AvgIpc) is 2.76. The summed E-state index contributed by atoms with van der Waals surface area (Å²) in [4.78, 5) is 13.0. The fourth-order valence-electron chi connectivity index (χ4n) is 2.30. The molecule has 1 heterocycles. The molecule has 0 saturated carbocycles. The van der Waals surface area contributed by atoms with Gasteiger partial charge in [0.15, 0.2) is 0 Å². The molecule has 3 heteroatoms. The molecule has 2 rings (SSSR count). The number of nitrogens with two attached hydrogens (primary N) is 1. The van der Waals surface area contributed by atoms with Crippen LogP contribution in [0.15, 0.2) is 30.3 Å². The van der Waals surface area contributed by atoms with Crippen molar-refractivity contribution in [2.45, 2.75) is 18.8 Å². The van der Waals surface area contributed by atoms with E-state index < -0.39 is 0 Å². The lowest BCUT2D eigenvalue weighted by Gasteiger charge is -2.14. The number of primary amides is 1. The Kier molecular flexibility index (Phi) is 3.57. The second-order valence-electron chi connectivity index (χ2n) is 4.41. The summed E-state index contributed by atoms with van der Waals surface area (Å²) in [5.74, 6) is 0.414. The summed E-state index contributed by atoms with van der Waals surface area (Å²) in [6, 6.07) is 10.6. The smallest absolute Gasteiger partial charge is 0.218 e. The highest BCUT2D eigenvalue weighted by Crippen LogP contribution is 2.26. The molecule has 86 valence electrons. The number of hydrogen-bond donors (Lipinski definition) is 1. The molecule has 1 saturated heterocycles. The highest BCUT2D eigenvalue weighted by molar-refractivity contribution is 5.73. The zero-order chi connectivity index (χ0) is 11.4. The summed E-state index contributed by atoms with van der Waals surface area (Å²) in [7, 11) is 0. The van der Waals surface area contributed by atoms with E-state index in [1.54, 1.807) is 0 Å². The van der Waals surface area contributed by atoms with Gasteiger partial charge in [0.05, 0.1) is 0 Å². The summed E-state index contributed by atoms with van der Waals surface area (Å²) in [5, 5.41) is 0. The molecule has 0 aromatic heterocycles. The van der Waals surface area contributed by atoms with Gasteiger partial charge in [0.2, 0.25) is 5.91 Å². The Hall–Kier alpha value is -1.35. The highest BCUT2D eigenvalue weighted by atomic mass is 16.1. The van der Waals surface area contributed by atoms with Crippen LogP contribution in [0, 0.1) is 0 Å². The van der Waals surface area contributed by atoms with Crippen molar-refractivity contribution in [2.75, 3.05) is 19.6 Å². The Morgan fingerprint density at radius 3 is 2.81 bits per heavy atom. The van der Waals surface area contributed by atoms with Crippen LogP contribution in [0.4, 0.5) is 0 Å². The molecule has 1 aliphatic rings. The van der Waals surface area contributed by atoms with Gasteiger partial charge in [-0.15, -0.1) is 0 Å². The zero-order valence-corrected chi connectivity index (χ0v) is 9.43. The van der Waals surface area contributed by atoms with E-state index in [1.165, 1.54) is 12.0 Å². The van der Waals surface area contributed by atoms with E-state index in [-0.39, 0.29) is 5.91 Å². The summed E-state index contributed by atoms with van der Waals surface area (Å²) in [6.07, 6.45) is 1.66. The molecular weight excluding hydrogens is 200 g/mol. The van der Waals surface area contributed by atoms with Crippen molar-refractivity contribution >= 4 is 5.91 Å². The lowest BCUT2D eigenvalue weighted by atomic mass is 9.99. The molecule has 0 bridgehead atoms. The van der Waals surface area contributed by atoms with Crippen molar-refractivity contribution in [2.24, 2.45) is 5.73 Å². The molecule has 1 fully saturated rings. The average molecular weight is 218 g/mol. The van der Waals surface area contributed by atoms with Gasteiger partial charge in [0, 0.05) is 19.5 Å². The van der Waals surface area contributed by atoms with Gasteiger partial charge < -0.3 is 10.6 Å². The number of benzene rings is 1. The van der Waals surface area contributed by atoms with Gasteiger partial charge in [0.1, 0.15) is 0 Å². The van der Waals surface area contributed by atoms with Gasteiger partial charge >= 0.3 is 0 Å². The van der Waals surface area contributed by atoms with Crippen LogP contribution in [0.25, 0.3) is 0 Å². The van der Waals surface area contributed by atoms with E-state index in [0.29, 0.717) is 12.3 Å². The van der Waals surface area contributed by atoms with Crippen molar-refractivity contribution in [3.05, 3.63) is 35.9 Å². The minimum absolute atomic E-state index is 0.205. The first kappa shape index (κ1) is 11.1. The van der Waals surface area contributed by atoms with E-state index in [2.05, 4.69) is 29.2 Å². The van der Waals surface area contributed by atoms with Crippen molar-refractivity contribution < 1.29 is 4.79 Å². The molecule has 3 nitrogen and oxygen atoms in total. The number of carbonyl (C=O) groups excluding carboxylic acids is 1. The predicted molar refractivity (Wildman–Crippen MR) is 64.1 cm³/mol. The van der Waals surface area contributed by atoms with Crippen LogP contribution in [0.5, 0.6) is 0 Å². The molecule has 0 radical (unpaired) electrons. The van der Waals surface area contributed by atoms with Crippen LogP contribution in [0.3, 0.4) is 0 Å². The molecule has 1 amide bonds. The van der Waals surface area contributed by atoms with Gasteiger partial charge in [0.25, 0.3) is 0 Å². The normalized spacial score (nSPS) is 21.1. The molecule has 2 N–H and O–H groups in total. The molecule has 1 aromatic carbocycles. The topological polar surface area (TPSA) is 46.3 Å². The molecule has 0 aliphatic carbocycles. The van der Waals surface area contributed by atoms with E-state index in [1.807, 2.05) is 6.07 Å². The maximum Gasteiger partial charge on any atom is 0.218 e. The number of nitrogens with zero attached hydrogens (tertiary/aromatic N) is 1. The second-order valence-corrected chi connectivity index (χ2v) is 4.41. The Morgan fingerprint density at radius 1 is 1.38 bits per heavy atom. The minimum Gasteiger partial charge on any atom is -0.370 e. The number of amides is 1. The van der Waals surface area contributed by atoms with E-state index >= 15 is 0 Å². The third-order valence-corrected chi connectivity index (χ3v) is 3.22. The number of rotatable bonds is 4. The Bertz CT molecular complexity index is 350. The first-order valence-electron chi connectivity index (χ1n) is 5.81. The van der Waals surface area contributed by atoms with Crippen molar-refractivity contribution in [1.82, 2.24) is 4.90 Å². The first-order chi connectivity index (χ1) is 7.75. The predicted octanol–water partition coefficient (Wildman–Crippen LogP) is 1.35. The summed E-state index contributed by atoms with van der Waals surface area (Å²) >= 11 is 0. The van der Waals surface area contributed by atoms with Gasteiger partial charge in [-0.05, 0) is 24.4 Å². The molecule has 1 atom stereocenters. The molecule has 1 unspecified atom stereocenters. The Morgan fingerprint density at radius 2 is 2.12 bits per heavy atom. The van der Waals surface area contributed by atoms with Crippen LogP contribution in [-0.2, 0) is 4.79 Å². The Balaban J connectivity index is 1.86.